The summed E-state index contributed by atoms with van der Waals surface area (Å²) >= 11 is 0. The van der Waals surface area contributed by atoms with Crippen LogP contribution in [0.3, 0.4) is 0 Å². The van der Waals surface area contributed by atoms with E-state index in [-0.39, 0.29) is 29.9 Å². The van der Waals surface area contributed by atoms with Crippen molar-refractivity contribution in [2.75, 3.05) is 18.9 Å². The SMILES string of the molecule is C[C@@H](C(=O)NC12CC3CC(CC(C3)C1)C2)N(C)CC(=O)Nc1cccc2ccccc12. The molecule has 5 nitrogen and oxygen atoms in total. The summed E-state index contributed by atoms with van der Waals surface area (Å²) in [6.07, 6.45) is 7.50. The van der Waals surface area contributed by atoms with Crippen molar-refractivity contribution in [2.24, 2.45) is 17.8 Å². The number of anilines is 1. The monoisotopic (exact) mass is 419 g/mol. The first-order valence-electron chi connectivity index (χ1n) is 11.7. The van der Waals surface area contributed by atoms with E-state index in [1.807, 2.05) is 61.3 Å². The normalized spacial score (nSPS) is 29.8. The molecule has 2 amide bonds. The predicted molar refractivity (Wildman–Crippen MR) is 124 cm³/mol. The van der Waals surface area contributed by atoms with Crippen LogP contribution in [-0.2, 0) is 9.59 Å². The maximum atomic E-state index is 13.1. The zero-order chi connectivity index (χ0) is 21.6. The average Bonchev–Trinajstić information content (AvgIpc) is 2.72. The molecule has 2 aromatic carbocycles. The largest absolute Gasteiger partial charge is 0.349 e. The van der Waals surface area contributed by atoms with Crippen molar-refractivity contribution in [3.8, 4) is 0 Å². The first-order valence-corrected chi connectivity index (χ1v) is 11.7. The fourth-order valence-electron chi connectivity index (χ4n) is 6.72. The average molecular weight is 420 g/mol. The van der Waals surface area contributed by atoms with E-state index in [0.717, 1.165) is 53.5 Å². The van der Waals surface area contributed by atoms with Crippen LogP contribution < -0.4 is 10.6 Å². The Hall–Kier alpha value is -2.40. The lowest BCUT2D eigenvalue weighted by Gasteiger charge is -2.57. The number of likely N-dealkylation sites (N-methyl/N-ethyl adjacent to an activating group) is 1. The summed E-state index contributed by atoms with van der Waals surface area (Å²) in [5, 5.41) is 8.58. The van der Waals surface area contributed by atoms with Crippen molar-refractivity contribution < 1.29 is 9.59 Å². The molecule has 1 atom stereocenters. The molecular formula is C26H33N3O2. The third-order valence-corrected chi connectivity index (χ3v) is 7.92. The fourth-order valence-corrected chi connectivity index (χ4v) is 6.72. The number of fused-ring (bicyclic) bond motifs is 1. The van der Waals surface area contributed by atoms with Gasteiger partial charge < -0.3 is 10.6 Å². The van der Waals surface area contributed by atoms with Gasteiger partial charge in [-0.15, -0.1) is 0 Å². The van der Waals surface area contributed by atoms with Crippen LogP contribution in [0, 0.1) is 17.8 Å². The Balaban J connectivity index is 1.19. The van der Waals surface area contributed by atoms with E-state index in [0.29, 0.717) is 0 Å². The molecule has 5 heteroatoms. The first kappa shape index (κ1) is 20.5. The van der Waals surface area contributed by atoms with Gasteiger partial charge in [0, 0.05) is 16.6 Å². The van der Waals surface area contributed by atoms with Crippen molar-refractivity contribution in [1.82, 2.24) is 10.2 Å². The Morgan fingerprint density at radius 1 is 1.00 bits per heavy atom. The highest BCUT2D eigenvalue weighted by atomic mass is 16.2. The minimum absolute atomic E-state index is 0.00610. The van der Waals surface area contributed by atoms with Gasteiger partial charge in [0.1, 0.15) is 0 Å². The molecule has 0 unspecified atom stereocenters. The summed E-state index contributed by atoms with van der Waals surface area (Å²) in [7, 11) is 1.85. The highest BCUT2D eigenvalue weighted by Crippen LogP contribution is 2.55. The van der Waals surface area contributed by atoms with Crippen LogP contribution >= 0.6 is 0 Å². The molecule has 4 bridgehead atoms. The van der Waals surface area contributed by atoms with Crippen molar-refractivity contribution in [1.29, 1.82) is 0 Å². The summed E-state index contributed by atoms with van der Waals surface area (Å²) in [6.45, 7) is 2.08. The Bertz CT molecular complexity index is 961. The molecule has 2 N–H and O–H groups in total. The Kier molecular flexibility index (Phi) is 5.25. The fraction of sp³-hybridized carbons (Fsp3) is 0.538. The Morgan fingerprint density at radius 3 is 2.29 bits per heavy atom. The van der Waals surface area contributed by atoms with Gasteiger partial charge in [-0.3, -0.25) is 14.5 Å². The molecule has 0 spiro atoms. The van der Waals surface area contributed by atoms with Gasteiger partial charge in [-0.25, -0.2) is 0 Å². The summed E-state index contributed by atoms with van der Waals surface area (Å²) in [5.74, 6) is 2.35. The zero-order valence-corrected chi connectivity index (χ0v) is 18.6. The summed E-state index contributed by atoms with van der Waals surface area (Å²) in [5.41, 5.74) is 0.814. The second kappa shape index (κ2) is 7.94. The number of amides is 2. The van der Waals surface area contributed by atoms with E-state index < -0.39 is 0 Å². The summed E-state index contributed by atoms with van der Waals surface area (Å²) < 4.78 is 0. The Labute approximate surface area is 184 Å². The van der Waals surface area contributed by atoms with Crippen LogP contribution in [-0.4, -0.2) is 41.9 Å². The Morgan fingerprint density at radius 2 is 1.61 bits per heavy atom. The van der Waals surface area contributed by atoms with Gasteiger partial charge in [0.2, 0.25) is 11.8 Å². The number of hydrogen-bond acceptors (Lipinski definition) is 3. The highest BCUT2D eigenvalue weighted by molar-refractivity contribution is 6.02. The second-order valence-electron chi connectivity index (χ2n) is 10.4. The maximum Gasteiger partial charge on any atom is 0.238 e. The first-order chi connectivity index (χ1) is 14.9. The highest BCUT2D eigenvalue weighted by Gasteiger charge is 2.51. The summed E-state index contributed by atoms with van der Waals surface area (Å²) in [6, 6.07) is 13.6. The molecular weight excluding hydrogens is 386 g/mol. The van der Waals surface area contributed by atoms with E-state index in [1.165, 1.54) is 19.3 Å². The number of carbonyl (C=O) groups excluding carboxylic acids is 2. The predicted octanol–water partition coefficient (Wildman–Crippen LogP) is 4.18. The molecule has 4 saturated carbocycles. The van der Waals surface area contributed by atoms with Crippen LogP contribution in [0.15, 0.2) is 42.5 Å². The molecule has 2 aromatic rings. The quantitative estimate of drug-likeness (QED) is 0.738. The molecule has 6 rings (SSSR count). The molecule has 0 saturated heterocycles. The van der Waals surface area contributed by atoms with Crippen molar-refractivity contribution >= 4 is 28.3 Å². The molecule has 0 aliphatic heterocycles. The van der Waals surface area contributed by atoms with Gasteiger partial charge in [0.15, 0.2) is 0 Å². The van der Waals surface area contributed by atoms with Crippen molar-refractivity contribution in [2.45, 2.75) is 57.0 Å². The topological polar surface area (TPSA) is 61.4 Å². The van der Waals surface area contributed by atoms with Gasteiger partial charge in [-0.1, -0.05) is 36.4 Å². The number of nitrogens with one attached hydrogen (secondary N) is 2. The molecule has 0 radical (unpaired) electrons. The third kappa shape index (κ3) is 4.08. The van der Waals surface area contributed by atoms with E-state index >= 15 is 0 Å². The van der Waals surface area contributed by atoms with Gasteiger partial charge in [-0.2, -0.15) is 0 Å². The molecule has 4 aliphatic rings. The van der Waals surface area contributed by atoms with Gasteiger partial charge >= 0.3 is 0 Å². The number of benzene rings is 2. The standard InChI is InChI=1S/C26H33N3O2/c1-17(25(31)28-26-13-18-10-19(14-26)12-20(11-18)15-26)29(2)16-24(30)27-23-9-5-7-21-6-3-4-8-22(21)23/h3-9,17-20H,10-16H2,1-2H3,(H,27,30)(H,28,31)/t17-,18?,19?,20?,26?/m0/s1. The molecule has 4 aliphatic carbocycles. The molecule has 0 aromatic heterocycles. The van der Waals surface area contributed by atoms with Crippen LogP contribution in [0.1, 0.15) is 45.4 Å². The molecule has 0 heterocycles. The molecule has 31 heavy (non-hydrogen) atoms. The number of nitrogens with zero attached hydrogens (tertiary/aromatic N) is 1. The van der Waals surface area contributed by atoms with E-state index in [2.05, 4.69) is 10.6 Å². The van der Waals surface area contributed by atoms with Gasteiger partial charge in [0.05, 0.1) is 12.6 Å². The van der Waals surface area contributed by atoms with Crippen LogP contribution in [0.25, 0.3) is 10.8 Å². The minimum atomic E-state index is -0.341. The van der Waals surface area contributed by atoms with E-state index in [1.54, 1.807) is 0 Å². The van der Waals surface area contributed by atoms with Gasteiger partial charge in [0.25, 0.3) is 0 Å². The number of hydrogen-bond donors (Lipinski definition) is 2. The lowest BCUT2D eigenvalue weighted by atomic mass is 9.53. The second-order valence-corrected chi connectivity index (χ2v) is 10.4. The maximum absolute atomic E-state index is 13.1. The van der Waals surface area contributed by atoms with Crippen LogP contribution in [0.5, 0.6) is 0 Å². The van der Waals surface area contributed by atoms with Crippen LogP contribution in [0.4, 0.5) is 5.69 Å². The lowest BCUT2D eigenvalue weighted by molar-refractivity contribution is -0.131. The van der Waals surface area contributed by atoms with Crippen molar-refractivity contribution in [3.63, 3.8) is 0 Å². The van der Waals surface area contributed by atoms with Crippen LogP contribution in [0.2, 0.25) is 0 Å². The van der Waals surface area contributed by atoms with Gasteiger partial charge in [-0.05, 0) is 81.7 Å². The molecule has 4 fully saturated rings. The lowest BCUT2D eigenvalue weighted by Crippen LogP contribution is -2.62. The molecule has 164 valence electrons. The minimum Gasteiger partial charge on any atom is -0.349 e. The number of rotatable bonds is 6. The smallest absolute Gasteiger partial charge is 0.238 e. The van der Waals surface area contributed by atoms with E-state index in [4.69, 9.17) is 0 Å². The third-order valence-electron chi connectivity index (χ3n) is 7.92. The number of carbonyl (C=O) groups is 2. The van der Waals surface area contributed by atoms with E-state index in [9.17, 15) is 9.59 Å². The summed E-state index contributed by atoms with van der Waals surface area (Å²) in [4.78, 5) is 27.7. The zero-order valence-electron chi connectivity index (χ0n) is 18.6. The van der Waals surface area contributed by atoms with Crippen molar-refractivity contribution in [3.05, 3.63) is 42.5 Å².